The van der Waals surface area contributed by atoms with Crippen LogP contribution >= 0.6 is 0 Å². The summed E-state index contributed by atoms with van der Waals surface area (Å²) < 4.78 is 31.9. The van der Waals surface area contributed by atoms with Crippen LogP contribution in [0.15, 0.2) is 29.2 Å². The van der Waals surface area contributed by atoms with Crippen LogP contribution in [-0.2, 0) is 10.0 Å². The highest BCUT2D eigenvalue weighted by atomic mass is 32.2. The second-order valence-electron chi connectivity index (χ2n) is 4.71. The summed E-state index contributed by atoms with van der Waals surface area (Å²) >= 11 is 0. The van der Waals surface area contributed by atoms with Crippen LogP contribution in [0.5, 0.6) is 5.75 Å². The third kappa shape index (κ3) is 5.90. The van der Waals surface area contributed by atoms with Gasteiger partial charge in [-0.05, 0) is 50.5 Å². The molecular weight excluding hydrogens is 278 g/mol. The van der Waals surface area contributed by atoms with Crippen LogP contribution in [0.25, 0.3) is 0 Å². The summed E-state index contributed by atoms with van der Waals surface area (Å²) in [6.07, 6.45) is 1.68. The number of sulfonamides is 1. The van der Waals surface area contributed by atoms with E-state index in [0.717, 1.165) is 6.42 Å². The summed E-state index contributed by atoms with van der Waals surface area (Å²) in [4.78, 5) is 0.221. The Bertz CT molecular complexity index is 482. The SMILES string of the molecule is CCCOc1ccc(S(=O)(=O)NCCCC(C)O)cc1. The predicted octanol–water partition coefficient (Wildman–Crippen LogP) is 1.91. The zero-order valence-electron chi connectivity index (χ0n) is 12.0. The lowest BCUT2D eigenvalue weighted by atomic mass is 10.2. The van der Waals surface area contributed by atoms with Gasteiger partial charge < -0.3 is 9.84 Å². The van der Waals surface area contributed by atoms with Crippen LogP contribution in [0, 0.1) is 0 Å². The van der Waals surface area contributed by atoms with Crippen LogP contribution in [0.4, 0.5) is 0 Å². The number of hydrogen-bond acceptors (Lipinski definition) is 4. The number of nitrogens with one attached hydrogen (secondary N) is 1. The van der Waals surface area contributed by atoms with Crippen molar-refractivity contribution in [1.82, 2.24) is 4.72 Å². The fraction of sp³-hybridized carbons (Fsp3) is 0.571. The van der Waals surface area contributed by atoms with Crippen LogP contribution in [-0.4, -0.2) is 32.8 Å². The first-order valence-electron chi connectivity index (χ1n) is 6.86. The normalized spacial score (nSPS) is 13.2. The van der Waals surface area contributed by atoms with E-state index in [1.807, 2.05) is 6.92 Å². The van der Waals surface area contributed by atoms with Crippen molar-refractivity contribution in [3.8, 4) is 5.75 Å². The molecular formula is C14H23NO4S. The van der Waals surface area contributed by atoms with Crippen molar-refractivity contribution < 1.29 is 18.3 Å². The average Bonchev–Trinajstić information content (AvgIpc) is 2.42. The summed E-state index contributed by atoms with van der Waals surface area (Å²) in [6, 6.07) is 6.37. The topological polar surface area (TPSA) is 75.6 Å². The summed E-state index contributed by atoms with van der Waals surface area (Å²) in [6.45, 7) is 4.63. The summed E-state index contributed by atoms with van der Waals surface area (Å²) in [5.74, 6) is 0.667. The molecule has 0 bridgehead atoms. The van der Waals surface area contributed by atoms with Crippen LogP contribution in [0.3, 0.4) is 0 Å². The van der Waals surface area contributed by atoms with Crippen molar-refractivity contribution in [3.05, 3.63) is 24.3 Å². The minimum Gasteiger partial charge on any atom is -0.494 e. The van der Waals surface area contributed by atoms with E-state index in [4.69, 9.17) is 9.84 Å². The Hall–Kier alpha value is -1.11. The van der Waals surface area contributed by atoms with Gasteiger partial charge in [-0.1, -0.05) is 6.92 Å². The molecule has 114 valence electrons. The lowest BCUT2D eigenvalue weighted by Crippen LogP contribution is -2.25. The van der Waals surface area contributed by atoms with Crippen molar-refractivity contribution in [3.63, 3.8) is 0 Å². The van der Waals surface area contributed by atoms with E-state index in [-0.39, 0.29) is 4.90 Å². The molecule has 1 aromatic carbocycles. The van der Waals surface area contributed by atoms with Crippen LogP contribution in [0.1, 0.15) is 33.1 Å². The molecule has 5 nitrogen and oxygen atoms in total. The molecule has 0 fully saturated rings. The van der Waals surface area contributed by atoms with Crippen molar-refractivity contribution >= 4 is 10.0 Å². The first-order chi connectivity index (χ1) is 9.45. The molecule has 1 rings (SSSR count). The highest BCUT2D eigenvalue weighted by Gasteiger charge is 2.13. The Morgan fingerprint density at radius 3 is 2.50 bits per heavy atom. The molecule has 0 heterocycles. The van der Waals surface area contributed by atoms with Gasteiger partial charge in [0.1, 0.15) is 5.75 Å². The molecule has 0 aliphatic rings. The molecule has 20 heavy (non-hydrogen) atoms. The van der Waals surface area contributed by atoms with E-state index >= 15 is 0 Å². The van der Waals surface area contributed by atoms with Crippen LogP contribution < -0.4 is 9.46 Å². The lowest BCUT2D eigenvalue weighted by Gasteiger charge is -2.09. The third-order valence-corrected chi connectivity index (χ3v) is 4.17. The molecule has 0 amide bonds. The van der Waals surface area contributed by atoms with E-state index in [2.05, 4.69) is 4.72 Å². The number of aliphatic hydroxyl groups is 1. The molecule has 1 aromatic rings. The van der Waals surface area contributed by atoms with Gasteiger partial charge in [0, 0.05) is 6.54 Å². The first-order valence-corrected chi connectivity index (χ1v) is 8.34. The largest absolute Gasteiger partial charge is 0.494 e. The second-order valence-corrected chi connectivity index (χ2v) is 6.48. The molecule has 0 saturated heterocycles. The summed E-state index contributed by atoms with van der Waals surface area (Å²) in [5.41, 5.74) is 0. The van der Waals surface area contributed by atoms with Gasteiger partial charge in [0.2, 0.25) is 10.0 Å². The monoisotopic (exact) mass is 301 g/mol. The Balaban J connectivity index is 2.54. The maximum absolute atomic E-state index is 12.0. The smallest absolute Gasteiger partial charge is 0.240 e. The standard InChI is InChI=1S/C14H23NO4S/c1-3-11-19-13-6-8-14(9-7-13)20(17,18)15-10-4-5-12(2)16/h6-9,12,15-16H,3-5,10-11H2,1-2H3. The van der Waals surface area contributed by atoms with Crippen molar-refractivity contribution in [2.45, 2.75) is 44.1 Å². The molecule has 1 atom stereocenters. The maximum atomic E-state index is 12.0. The second kappa shape index (κ2) is 8.24. The highest BCUT2D eigenvalue weighted by Crippen LogP contribution is 2.16. The third-order valence-electron chi connectivity index (χ3n) is 2.70. The number of aliphatic hydroxyl groups excluding tert-OH is 1. The Kier molecular flexibility index (Phi) is 6.98. The van der Waals surface area contributed by atoms with Gasteiger partial charge in [0.25, 0.3) is 0 Å². The van der Waals surface area contributed by atoms with Gasteiger partial charge in [-0.3, -0.25) is 0 Å². The summed E-state index contributed by atoms with van der Waals surface area (Å²) in [7, 11) is -3.48. The van der Waals surface area contributed by atoms with Crippen molar-refractivity contribution in [2.24, 2.45) is 0 Å². The number of ether oxygens (including phenoxy) is 1. The quantitative estimate of drug-likeness (QED) is 0.683. The Morgan fingerprint density at radius 2 is 1.95 bits per heavy atom. The molecule has 2 N–H and O–H groups in total. The van der Waals surface area contributed by atoms with E-state index in [1.54, 1.807) is 19.1 Å². The van der Waals surface area contributed by atoms with Crippen molar-refractivity contribution in [1.29, 1.82) is 0 Å². The van der Waals surface area contributed by atoms with Gasteiger partial charge in [-0.2, -0.15) is 0 Å². The minimum absolute atomic E-state index is 0.221. The molecule has 1 unspecified atom stereocenters. The highest BCUT2D eigenvalue weighted by molar-refractivity contribution is 7.89. The minimum atomic E-state index is -3.48. The maximum Gasteiger partial charge on any atom is 0.240 e. The number of benzene rings is 1. The van der Waals surface area contributed by atoms with Gasteiger partial charge in [0.15, 0.2) is 0 Å². The van der Waals surface area contributed by atoms with E-state index in [0.29, 0.717) is 31.7 Å². The fourth-order valence-electron chi connectivity index (χ4n) is 1.62. The predicted molar refractivity (Wildman–Crippen MR) is 78.3 cm³/mol. The average molecular weight is 301 g/mol. The van der Waals surface area contributed by atoms with E-state index in [1.165, 1.54) is 12.1 Å². The molecule has 6 heteroatoms. The Labute approximate surface area is 121 Å². The summed E-state index contributed by atoms with van der Waals surface area (Å²) in [5, 5.41) is 9.11. The van der Waals surface area contributed by atoms with Gasteiger partial charge >= 0.3 is 0 Å². The van der Waals surface area contributed by atoms with Gasteiger partial charge in [-0.15, -0.1) is 0 Å². The molecule has 0 aromatic heterocycles. The zero-order valence-corrected chi connectivity index (χ0v) is 12.8. The number of rotatable bonds is 9. The van der Waals surface area contributed by atoms with Gasteiger partial charge in [-0.25, -0.2) is 13.1 Å². The Morgan fingerprint density at radius 1 is 1.30 bits per heavy atom. The van der Waals surface area contributed by atoms with Crippen LogP contribution in [0.2, 0.25) is 0 Å². The number of hydrogen-bond donors (Lipinski definition) is 2. The molecule has 0 radical (unpaired) electrons. The van der Waals surface area contributed by atoms with Crippen molar-refractivity contribution in [2.75, 3.05) is 13.2 Å². The molecule has 0 spiro atoms. The molecule has 0 aliphatic heterocycles. The first kappa shape index (κ1) is 16.9. The fourth-order valence-corrected chi connectivity index (χ4v) is 2.70. The lowest BCUT2D eigenvalue weighted by molar-refractivity contribution is 0.182. The molecule has 0 saturated carbocycles. The van der Waals surface area contributed by atoms with E-state index < -0.39 is 16.1 Å². The molecule has 0 aliphatic carbocycles. The van der Waals surface area contributed by atoms with E-state index in [9.17, 15) is 8.42 Å². The zero-order chi connectivity index (χ0) is 15.0. The van der Waals surface area contributed by atoms with Gasteiger partial charge in [0.05, 0.1) is 17.6 Å².